The Morgan fingerprint density at radius 3 is 1.31 bits per heavy atom. The number of rotatable bonds is 49. The Balaban J connectivity index is 4.63. The van der Waals surface area contributed by atoms with Gasteiger partial charge in [-0.1, -0.05) is 229 Å². The van der Waals surface area contributed by atoms with E-state index in [2.05, 4.69) is 99.0 Å². The number of amides is 1. The van der Waals surface area contributed by atoms with Crippen molar-refractivity contribution in [2.24, 2.45) is 0 Å². The molecule has 0 rings (SSSR count). The molecule has 6 nitrogen and oxygen atoms in total. The number of allylic oxidation sites excluding steroid dienone is 12. The van der Waals surface area contributed by atoms with Gasteiger partial charge in [-0.05, 0) is 96.3 Å². The molecule has 0 fully saturated rings. The van der Waals surface area contributed by atoms with Crippen LogP contribution in [0.15, 0.2) is 72.9 Å². The smallest absolute Gasteiger partial charge is 0.306 e. The first-order valence-electron chi connectivity index (χ1n) is 27.7. The molecule has 1 amide bonds. The van der Waals surface area contributed by atoms with Crippen LogP contribution in [-0.2, 0) is 14.3 Å². The van der Waals surface area contributed by atoms with Crippen LogP contribution in [-0.4, -0.2) is 46.9 Å². The first-order valence-corrected chi connectivity index (χ1v) is 27.7. The highest BCUT2D eigenvalue weighted by Crippen LogP contribution is 2.17. The molecule has 0 spiro atoms. The Labute approximate surface area is 402 Å². The van der Waals surface area contributed by atoms with Crippen molar-refractivity contribution in [3.05, 3.63) is 72.9 Å². The van der Waals surface area contributed by atoms with E-state index in [9.17, 15) is 19.8 Å². The normalized spacial score (nSPS) is 13.7. The van der Waals surface area contributed by atoms with Gasteiger partial charge in [0.15, 0.2) is 0 Å². The van der Waals surface area contributed by atoms with E-state index in [1.165, 1.54) is 116 Å². The molecule has 0 saturated heterocycles. The number of aliphatic hydroxyl groups excluding tert-OH is 2. The van der Waals surface area contributed by atoms with Gasteiger partial charge in [0.2, 0.25) is 5.91 Å². The van der Waals surface area contributed by atoms with E-state index in [4.69, 9.17) is 4.74 Å². The number of ether oxygens (including phenoxy) is 1. The van der Waals surface area contributed by atoms with Gasteiger partial charge in [-0.2, -0.15) is 0 Å². The van der Waals surface area contributed by atoms with E-state index in [0.29, 0.717) is 19.3 Å². The van der Waals surface area contributed by atoms with Crippen LogP contribution < -0.4 is 5.32 Å². The third-order valence-electron chi connectivity index (χ3n) is 12.3. The number of esters is 1. The minimum atomic E-state index is -0.805. The Hall–Kier alpha value is -2.70. The maximum absolute atomic E-state index is 13.2. The molecule has 0 radical (unpaired) electrons. The van der Waals surface area contributed by atoms with Crippen molar-refractivity contribution in [3.63, 3.8) is 0 Å². The molecule has 0 saturated carbocycles. The highest BCUT2D eigenvalue weighted by molar-refractivity contribution is 5.77. The highest BCUT2D eigenvalue weighted by Gasteiger charge is 2.24. The van der Waals surface area contributed by atoms with Gasteiger partial charge in [0.1, 0.15) is 6.10 Å². The second kappa shape index (κ2) is 52.3. The number of hydrogen-bond acceptors (Lipinski definition) is 5. The van der Waals surface area contributed by atoms with E-state index in [1.54, 1.807) is 0 Å². The Morgan fingerprint density at radius 2 is 0.831 bits per heavy atom. The predicted octanol–water partition coefficient (Wildman–Crippen LogP) is 17.0. The zero-order valence-corrected chi connectivity index (χ0v) is 42.9. The molecule has 376 valence electrons. The largest absolute Gasteiger partial charge is 0.462 e. The molecule has 0 aliphatic heterocycles. The summed E-state index contributed by atoms with van der Waals surface area (Å²) in [6.45, 7) is 6.34. The van der Waals surface area contributed by atoms with Gasteiger partial charge < -0.3 is 20.3 Å². The minimum Gasteiger partial charge on any atom is -0.462 e. The minimum absolute atomic E-state index is 0.0404. The second-order valence-electron chi connectivity index (χ2n) is 18.6. The summed E-state index contributed by atoms with van der Waals surface area (Å²) in [5, 5.41) is 23.8. The number of carbonyl (C=O) groups is 2. The van der Waals surface area contributed by atoms with Gasteiger partial charge in [-0.15, -0.1) is 0 Å². The molecule has 0 aliphatic carbocycles. The summed E-state index contributed by atoms with van der Waals surface area (Å²) in [4.78, 5) is 26.2. The molecule has 0 aliphatic rings. The molecule has 0 aromatic rings. The van der Waals surface area contributed by atoms with Crippen molar-refractivity contribution >= 4 is 11.9 Å². The first kappa shape index (κ1) is 62.3. The number of hydrogen-bond donors (Lipinski definition) is 3. The number of carbonyl (C=O) groups excluding carboxylic acids is 2. The molecular weight excluding hydrogens is 803 g/mol. The van der Waals surface area contributed by atoms with Gasteiger partial charge in [0.25, 0.3) is 0 Å². The summed E-state index contributed by atoms with van der Waals surface area (Å²) in [5.41, 5.74) is 0. The molecule has 0 aromatic heterocycles. The van der Waals surface area contributed by atoms with Crippen LogP contribution in [0, 0.1) is 0 Å². The van der Waals surface area contributed by atoms with Crippen molar-refractivity contribution in [2.45, 2.75) is 283 Å². The van der Waals surface area contributed by atoms with E-state index in [1.807, 2.05) is 0 Å². The summed E-state index contributed by atoms with van der Waals surface area (Å²) >= 11 is 0. The summed E-state index contributed by atoms with van der Waals surface area (Å²) in [6, 6.07) is -0.722. The zero-order valence-electron chi connectivity index (χ0n) is 42.9. The van der Waals surface area contributed by atoms with Gasteiger partial charge >= 0.3 is 5.97 Å². The number of unbranched alkanes of at least 4 members (excludes halogenated alkanes) is 25. The van der Waals surface area contributed by atoms with Crippen molar-refractivity contribution in [1.82, 2.24) is 5.32 Å². The third kappa shape index (κ3) is 47.6. The van der Waals surface area contributed by atoms with Crippen molar-refractivity contribution in [2.75, 3.05) is 6.61 Å². The Morgan fingerprint density at radius 1 is 0.462 bits per heavy atom. The standard InChI is InChI=1S/C59H105NO5/c1-4-7-10-13-16-19-22-25-28-29-31-33-36-39-42-45-48-51-57(62)56(54-61)60-58(63)53-55(50-47-44-41-38-35-32-30-26-23-20-17-14-11-8-5-2)65-59(64)52-49-46-43-40-37-34-27-24-21-18-15-12-9-6-3/h9,12,17-18,20-21,26-27,30,34-35,38,55-57,61-62H,4-8,10-11,13-16,19,22-25,28-29,31-33,36-37,39-54H2,1-3H3,(H,60,63)/b12-9+,20-17-,21-18+,30-26-,34-27+,38-35-. The zero-order chi connectivity index (χ0) is 47.4. The van der Waals surface area contributed by atoms with Crippen LogP contribution in [0.4, 0.5) is 0 Å². The molecule has 3 atom stereocenters. The average Bonchev–Trinajstić information content (AvgIpc) is 3.30. The first-order chi connectivity index (χ1) is 32.0. The number of aliphatic hydroxyl groups is 2. The molecule has 0 aromatic carbocycles. The van der Waals surface area contributed by atoms with E-state index < -0.39 is 18.2 Å². The van der Waals surface area contributed by atoms with Crippen LogP contribution in [0.25, 0.3) is 0 Å². The van der Waals surface area contributed by atoms with Crippen LogP contribution in [0.1, 0.15) is 265 Å². The van der Waals surface area contributed by atoms with Crippen LogP contribution in [0.3, 0.4) is 0 Å². The average molecular weight is 908 g/mol. The van der Waals surface area contributed by atoms with Crippen molar-refractivity contribution in [3.8, 4) is 0 Å². The van der Waals surface area contributed by atoms with Gasteiger partial charge in [0.05, 0.1) is 25.2 Å². The van der Waals surface area contributed by atoms with Crippen LogP contribution in [0.5, 0.6) is 0 Å². The van der Waals surface area contributed by atoms with E-state index >= 15 is 0 Å². The summed E-state index contributed by atoms with van der Waals surface area (Å²) < 4.78 is 5.92. The molecule has 3 unspecified atom stereocenters. The van der Waals surface area contributed by atoms with Crippen LogP contribution in [0.2, 0.25) is 0 Å². The maximum Gasteiger partial charge on any atom is 0.306 e. The lowest BCUT2D eigenvalue weighted by Gasteiger charge is -2.24. The lowest BCUT2D eigenvalue weighted by molar-refractivity contribution is -0.151. The lowest BCUT2D eigenvalue weighted by Crippen LogP contribution is -2.46. The SMILES string of the molecule is CC/C=C/C/C=C/C/C=C/CCCCCCC(=O)OC(CCCC/C=C\C/C=C\C/C=C\CCCCC)CC(=O)NC(CO)C(O)CCCCCCCCCCCCCCCCCCC. The van der Waals surface area contributed by atoms with Gasteiger partial charge in [-0.3, -0.25) is 9.59 Å². The molecule has 0 bridgehead atoms. The topological polar surface area (TPSA) is 95.9 Å². The Bertz CT molecular complexity index is 1200. The molecular formula is C59H105NO5. The summed E-state index contributed by atoms with van der Waals surface area (Å²) in [6.07, 6.45) is 66.8. The molecule has 65 heavy (non-hydrogen) atoms. The molecule has 3 N–H and O–H groups in total. The summed E-state index contributed by atoms with van der Waals surface area (Å²) in [7, 11) is 0. The van der Waals surface area contributed by atoms with Crippen LogP contribution >= 0.6 is 0 Å². The van der Waals surface area contributed by atoms with E-state index in [-0.39, 0.29) is 24.9 Å². The second-order valence-corrected chi connectivity index (χ2v) is 18.6. The van der Waals surface area contributed by atoms with Gasteiger partial charge in [-0.25, -0.2) is 0 Å². The Kier molecular flexibility index (Phi) is 50.1. The maximum atomic E-state index is 13.2. The fourth-order valence-corrected chi connectivity index (χ4v) is 8.10. The monoisotopic (exact) mass is 908 g/mol. The molecule has 6 heteroatoms. The predicted molar refractivity (Wildman–Crippen MR) is 282 cm³/mol. The third-order valence-corrected chi connectivity index (χ3v) is 12.3. The quantitative estimate of drug-likeness (QED) is 0.0321. The molecule has 0 heterocycles. The fraction of sp³-hybridized carbons (Fsp3) is 0.763. The lowest BCUT2D eigenvalue weighted by atomic mass is 10.0. The highest BCUT2D eigenvalue weighted by atomic mass is 16.5. The number of nitrogens with one attached hydrogen (secondary N) is 1. The van der Waals surface area contributed by atoms with E-state index in [0.717, 1.165) is 103 Å². The summed E-state index contributed by atoms with van der Waals surface area (Å²) in [5.74, 6) is -0.536. The van der Waals surface area contributed by atoms with Crippen molar-refractivity contribution < 1.29 is 24.5 Å². The van der Waals surface area contributed by atoms with Gasteiger partial charge in [0, 0.05) is 6.42 Å². The van der Waals surface area contributed by atoms with Crippen molar-refractivity contribution in [1.29, 1.82) is 0 Å². The fourth-order valence-electron chi connectivity index (χ4n) is 8.10.